The topological polar surface area (TPSA) is 49.9 Å². The highest BCUT2D eigenvalue weighted by atomic mass is 35.5. The molecule has 1 fully saturated rings. The molecule has 1 heterocycles. The number of carbonyl (C=O) groups excluding carboxylic acids is 2. The van der Waals surface area contributed by atoms with Crippen LogP contribution in [0, 0.1) is 5.82 Å². The van der Waals surface area contributed by atoms with Crippen molar-refractivity contribution in [1.29, 1.82) is 0 Å². The fourth-order valence-electron chi connectivity index (χ4n) is 2.25. The van der Waals surface area contributed by atoms with Crippen LogP contribution in [-0.2, 0) is 20.9 Å². The lowest BCUT2D eigenvalue weighted by Crippen LogP contribution is -2.41. The number of halogens is 2. The van der Waals surface area contributed by atoms with Gasteiger partial charge in [0, 0.05) is 37.3 Å². The molecule has 0 radical (unpaired) electrons. The van der Waals surface area contributed by atoms with Gasteiger partial charge in [0.2, 0.25) is 11.8 Å². The molecule has 1 aliphatic heterocycles. The maximum absolute atomic E-state index is 13.7. The van der Waals surface area contributed by atoms with E-state index < -0.39 is 5.82 Å². The standard InChI is InChI=1S/C16H20ClFN2O3S/c1-19(9-12-13(17)3-2-4-14(12)18)15(21)10-24-11-16(22)20-5-7-23-8-6-20/h2-4H,5-11H2,1H3. The van der Waals surface area contributed by atoms with Crippen LogP contribution < -0.4 is 0 Å². The zero-order valence-corrected chi connectivity index (χ0v) is 15.0. The summed E-state index contributed by atoms with van der Waals surface area (Å²) in [6.45, 7) is 2.41. The number of thioether (sulfide) groups is 1. The molecular weight excluding hydrogens is 355 g/mol. The number of morpholine rings is 1. The first-order valence-electron chi connectivity index (χ1n) is 7.59. The van der Waals surface area contributed by atoms with Gasteiger partial charge in [0.05, 0.1) is 24.7 Å². The Morgan fingerprint density at radius 3 is 2.71 bits per heavy atom. The lowest BCUT2D eigenvalue weighted by atomic mass is 10.2. The van der Waals surface area contributed by atoms with Gasteiger partial charge in [-0.15, -0.1) is 11.8 Å². The van der Waals surface area contributed by atoms with Crippen LogP contribution in [0.3, 0.4) is 0 Å². The molecule has 8 heteroatoms. The zero-order valence-electron chi connectivity index (χ0n) is 13.5. The molecule has 0 aliphatic carbocycles. The van der Waals surface area contributed by atoms with Crippen LogP contribution in [0.4, 0.5) is 4.39 Å². The van der Waals surface area contributed by atoms with Crippen LogP contribution in [0.2, 0.25) is 5.02 Å². The van der Waals surface area contributed by atoms with Crippen molar-refractivity contribution in [1.82, 2.24) is 9.80 Å². The fraction of sp³-hybridized carbons (Fsp3) is 0.500. The summed E-state index contributed by atoms with van der Waals surface area (Å²) in [5.41, 5.74) is 0.296. The Hall–Kier alpha value is -1.31. The van der Waals surface area contributed by atoms with Gasteiger partial charge in [-0.2, -0.15) is 0 Å². The van der Waals surface area contributed by atoms with Gasteiger partial charge < -0.3 is 14.5 Å². The maximum atomic E-state index is 13.7. The third-order valence-electron chi connectivity index (χ3n) is 3.70. The maximum Gasteiger partial charge on any atom is 0.232 e. The first-order valence-corrected chi connectivity index (χ1v) is 9.12. The van der Waals surface area contributed by atoms with E-state index in [1.165, 1.54) is 28.8 Å². The summed E-state index contributed by atoms with van der Waals surface area (Å²) >= 11 is 7.23. The fourth-order valence-corrected chi connectivity index (χ4v) is 3.33. The van der Waals surface area contributed by atoms with E-state index in [4.69, 9.17) is 16.3 Å². The minimum Gasteiger partial charge on any atom is -0.378 e. The van der Waals surface area contributed by atoms with Gasteiger partial charge in [0.1, 0.15) is 5.82 Å². The average molecular weight is 375 g/mol. The molecule has 24 heavy (non-hydrogen) atoms. The second-order valence-electron chi connectivity index (χ2n) is 5.44. The molecule has 132 valence electrons. The molecule has 0 unspecified atom stereocenters. The summed E-state index contributed by atoms with van der Waals surface area (Å²) < 4.78 is 18.9. The van der Waals surface area contributed by atoms with Crippen molar-refractivity contribution >= 4 is 35.2 Å². The number of rotatable bonds is 6. The van der Waals surface area contributed by atoms with Crippen LogP contribution in [0.5, 0.6) is 0 Å². The van der Waals surface area contributed by atoms with Crippen molar-refractivity contribution in [2.75, 3.05) is 44.9 Å². The Morgan fingerprint density at radius 1 is 1.33 bits per heavy atom. The molecule has 0 N–H and O–H groups in total. The highest BCUT2D eigenvalue weighted by molar-refractivity contribution is 8.00. The van der Waals surface area contributed by atoms with Crippen molar-refractivity contribution in [3.8, 4) is 0 Å². The summed E-state index contributed by atoms with van der Waals surface area (Å²) in [5.74, 6) is -0.180. The van der Waals surface area contributed by atoms with E-state index in [1.807, 2.05) is 0 Å². The summed E-state index contributed by atoms with van der Waals surface area (Å²) in [6.07, 6.45) is 0. The molecule has 0 bridgehead atoms. The molecule has 1 aromatic rings. The average Bonchev–Trinajstić information content (AvgIpc) is 2.58. The molecule has 1 saturated heterocycles. The zero-order chi connectivity index (χ0) is 17.5. The van der Waals surface area contributed by atoms with Crippen molar-refractivity contribution in [2.24, 2.45) is 0 Å². The van der Waals surface area contributed by atoms with E-state index in [0.717, 1.165) is 0 Å². The van der Waals surface area contributed by atoms with E-state index in [0.29, 0.717) is 36.9 Å². The lowest BCUT2D eigenvalue weighted by molar-refractivity contribution is -0.132. The van der Waals surface area contributed by atoms with Gasteiger partial charge in [-0.05, 0) is 12.1 Å². The van der Waals surface area contributed by atoms with E-state index in [-0.39, 0.29) is 29.9 Å². The quantitative estimate of drug-likeness (QED) is 0.764. The molecule has 0 spiro atoms. The van der Waals surface area contributed by atoms with Gasteiger partial charge >= 0.3 is 0 Å². The molecule has 5 nitrogen and oxygen atoms in total. The summed E-state index contributed by atoms with van der Waals surface area (Å²) in [5, 5.41) is 0.296. The van der Waals surface area contributed by atoms with Crippen LogP contribution in [0.15, 0.2) is 18.2 Å². The largest absolute Gasteiger partial charge is 0.378 e. The van der Waals surface area contributed by atoms with Crippen molar-refractivity contribution < 1.29 is 18.7 Å². The number of amides is 2. The van der Waals surface area contributed by atoms with Gasteiger partial charge in [-0.25, -0.2) is 4.39 Å². The monoisotopic (exact) mass is 374 g/mol. The SMILES string of the molecule is CN(Cc1c(F)cccc1Cl)C(=O)CSCC(=O)N1CCOCC1. The van der Waals surface area contributed by atoms with Crippen LogP contribution in [0.1, 0.15) is 5.56 Å². The first-order chi connectivity index (χ1) is 11.5. The Balaban J connectivity index is 1.76. The molecule has 0 saturated carbocycles. The normalized spacial score (nSPS) is 14.5. The number of hydrogen-bond acceptors (Lipinski definition) is 4. The third-order valence-corrected chi connectivity index (χ3v) is 4.95. The first kappa shape index (κ1) is 19.0. The Kier molecular flexibility index (Phi) is 7.33. The number of nitrogens with zero attached hydrogens (tertiary/aromatic N) is 2. The summed E-state index contributed by atoms with van der Waals surface area (Å²) in [4.78, 5) is 27.3. The molecule has 1 aliphatic rings. The molecular formula is C16H20ClFN2O3S. The minimum absolute atomic E-state index is 0.0101. The van der Waals surface area contributed by atoms with Crippen molar-refractivity contribution in [3.63, 3.8) is 0 Å². The predicted molar refractivity (Wildman–Crippen MR) is 92.6 cm³/mol. The smallest absolute Gasteiger partial charge is 0.232 e. The van der Waals surface area contributed by atoms with E-state index >= 15 is 0 Å². The van der Waals surface area contributed by atoms with Gasteiger partial charge in [0.25, 0.3) is 0 Å². The summed E-state index contributed by atoms with van der Waals surface area (Å²) in [6, 6.07) is 4.43. The number of ether oxygens (including phenoxy) is 1. The molecule has 1 aromatic carbocycles. The van der Waals surface area contributed by atoms with Crippen LogP contribution in [0.25, 0.3) is 0 Å². The van der Waals surface area contributed by atoms with Gasteiger partial charge in [-0.3, -0.25) is 9.59 Å². The van der Waals surface area contributed by atoms with Gasteiger partial charge in [-0.1, -0.05) is 17.7 Å². The van der Waals surface area contributed by atoms with Crippen molar-refractivity contribution in [2.45, 2.75) is 6.54 Å². The highest BCUT2D eigenvalue weighted by Crippen LogP contribution is 2.20. The van der Waals surface area contributed by atoms with E-state index in [2.05, 4.69) is 0 Å². The third kappa shape index (κ3) is 5.36. The van der Waals surface area contributed by atoms with Gasteiger partial charge in [0.15, 0.2) is 0 Å². The van der Waals surface area contributed by atoms with E-state index in [9.17, 15) is 14.0 Å². The molecule has 0 atom stereocenters. The Bertz CT molecular complexity index is 576. The van der Waals surface area contributed by atoms with Crippen molar-refractivity contribution in [3.05, 3.63) is 34.6 Å². The van der Waals surface area contributed by atoms with E-state index in [1.54, 1.807) is 18.0 Å². The molecule has 0 aromatic heterocycles. The van der Waals surface area contributed by atoms with Crippen LogP contribution >= 0.6 is 23.4 Å². The second kappa shape index (κ2) is 9.25. The second-order valence-corrected chi connectivity index (χ2v) is 6.83. The highest BCUT2D eigenvalue weighted by Gasteiger charge is 2.18. The lowest BCUT2D eigenvalue weighted by Gasteiger charge is -2.26. The number of carbonyl (C=O) groups is 2. The Labute approximate surface area is 150 Å². The predicted octanol–water partition coefficient (Wildman–Crippen LogP) is 2.03. The minimum atomic E-state index is -0.433. The summed E-state index contributed by atoms with van der Waals surface area (Å²) in [7, 11) is 1.59. The molecule has 2 amide bonds. The Morgan fingerprint density at radius 2 is 2.04 bits per heavy atom. The van der Waals surface area contributed by atoms with Crippen LogP contribution in [-0.4, -0.2) is 66.5 Å². The number of hydrogen-bond donors (Lipinski definition) is 0. The molecule has 2 rings (SSSR count). The number of benzene rings is 1.